The maximum Gasteiger partial charge on any atom is 0.255 e. The third-order valence-electron chi connectivity index (χ3n) is 2.84. The van der Waals surface area contributed by atoms with E-state index in [2.05, 4.69) is 26.2 Å². The van der Waals surface area contributed by atoms with Gasteiger partial charge in [-0.2, -0.15) is 0 Å². The van der Waals surface area contributed by atoms with Crippen molar-refractivity contribution in [3.8, 4) is 0 Å². The van der Waals surface area contributed by atoms with Crippen molar-refractivity contribution < 1.29 is 9.21 Å². The van der Waals surface area contributed by atoms with Crippen molar-refractivity contribution in [3.63, 3.8) is 0 Å². The molecule has 0 spiro atoms. The van der Waals surface area contributed by atoms with E-state index in [4.69, 9.17) is 4.42 Å². The van der Waals surface area contributed by atoms with Gasteiger partial charge in [-0.05, 0) is 36.4 Å². The van der Waals surface area contributed by atoms with E-state index in [1.165, 1.54) is 0 Å². The molecular formula is C15H11BrN2O2. The minimum absolute atomic E-state index is 0.181. The summed E-state index contributed by atoms with van der Waals surface area (Å²) >= 11 is 3.37. The summed E-state index contributed by atoms with van der Waals surface area (Å²) in [5, 5.41) is 2.84. The van der Waals surface area contributed by atoms with Crippen LogP contribution in [0.25, 0.3) is 11.1 Å². The molecule has 0 aliphatic carbocycles. The minimum Gasteiger partial charge on any atom is -0.441 e. The molecule has 0 aliphatic rings. The SMILES string of the molecule is Cc1nc2ccc(C(=O)Nc3cccc(Br)c3)cc2o1. The molecule has 4 nitrogen and oxygen atoms in total. The highest BCUT2D eigenvalue weighted by Gasteiger charge is 2.09. The van der Waals surface area contributed by atoms with Crippen LogP contribution in [-0.2, 0) is 0 Å². The molecule has 0 saturated carbocycles. The van der Waals surface area contributed by atoms with Crippen LogP contribution in [0.3, 0.4) is 0 Å². The van der Waals surface area contributed by atoms with Crippen molar-refractivity contribution in [3.05, 3.63) is 58.4 Å². The second-order valence-electron chi connectivity index (χ2n) is 4.38. The summed E-state index contributed by atoms with van der Waals surface area (Å²) < 4.78 is 6.34. The Morgan fingerprint density at radius 2 is 2.10 bits per heavy atom. The number of carbonyl (C=O) groups excluding carboxylic acids is 1. The van der Waals surface area contributed by atoms with Gasteiger partial charge >= 0.3 is 0 Å². The number of aromatic nitrogens is 1. The second kappa shape index (κ2) is 5.09. The zero-order chi connectivity index (χ0) is 14.1. The van der Waals surface area contributed by atoms with Gasteiger partial charge in [0.15, 0.2) is 11.5 Å². The molecule has 1 aromatic heterocycles. The van der Waals surface area contributed by atoms with Gasteiger partial charge in [-0.15, -0.1) is 0 Å². The Kier molecular flexibility index (Phi) is 3.28. The fraction of sp³-hybridized carbons (Fsp3) is 0.0667. The predicted octanol–water partition coefficient (Wildman–Crippen LogP) is 4.15. The van der Waals surface area contributed by atoms with Gasteiger partial charge in [-0.3, -0.25) is 4.79 Å². The maximum atomic E-state index is 12.2. The van der Waals surface area contributed by atoms with Crippen LogP contribution >= 0.6 is 15.9 Å². The number of hydrogen-bond acceptors (Lipinski definition) is 3. The van der Waals surface area contributed by atoms with E-state index in [1.807, 2.05) is 24.3 Å². The molecule has 0 aliphatic heterocycles. The molecule has 3 rings (SSSR count). The molecule has 2 aromatic carbocycles. The van der Waals surface area contributed by atoms with E-state index >= 15 is 0 Å². The number of rotatable bonds is 2. The van der Waals surface area contributed by atoms with Crippen LogP contribution < -0.4 is 5.32 Å². The van der Waals surface area contributed by atoms with Gasteiger partial charge in [0, 0.05) is 22.6 Å². The Labute approximate surface area is 123 Å². The fourth-order valence-electron chi connectivity index (χ4n) is 1.95. The van der Waals surface area contributed by atoms with Gasteiger partial charge in [0.25, 0.3) is 5.91 Å². The number of anilines is 1. The summed E-state index contributed by atoms with van der Waals surface area (Å²) in [4.78, 5) is 16.4. The third-order valence-corrected chi connectivity index (χ3v) is 3.33. The topological polar surface area (TPSA) is 55.1 Å². The van der Waals surface area contributed by atoms with Crippen molar-refractivity contribution in [2.24, 2.45) is 0 Å². The van der Waals surface area contributed by atoms with Gasteiger partial charge in [0.1, 0.15) is 5.52 Å². The van der Waals surface area contributed by atoms with Crippen molar-refractivity contribution in [1.29, 1.82) is 0 Å². The standard InChI is InChI=1S/C15H11BrN2O2/c1-9-17-13-6-5-10(7-14(13)20-9)15(19)18-12-4-2-3-11(16)8-12/h2-8H,1H3,(H,18,19). The molecule has 100 valence electrons. The summed E-state index contributed by atoms with van der Waals surface area (Å²) in [6.45, 7) is 1.78. The monoisotopic (exact) mass is 330 g/mol. The van der Waals surface area contributed by atoms with Crippen molar-refractivity contribution in [2.75, 3.05) is 5.32 Å². The predicted molar refractivity (Wildman–Crippen MR) is 80.8 cm³/mol. The molecule has 1 N–H and O–H groups in total. The van der Waals surface area contributed by atoms with Gasteiger partial charge in [-0.25, -0.2) is 4.98 Å². The van der Waals surface area contributed by atoms with E-state index in [0.717, 1.165) is 15.7 Å². The van der Waals surface area contributed by atoms with Crippen LogP contribution in [0.15, 0.2) is 51.4 Å². The lowest BCUT2D eigenvalue weighted by Gasteiger charge is -2.05. The van der Waals surface area contributed by atoms with Gasteiger partial charge in [-0.1, -0.05) is 22.0 Å². The van der Waals surface area contributed by atoms with Gasteiger partial charge < -0.3 is 9.73 Å². The third kappa shape index (κ3) is 2.58. The van der Waals surface area contributed by atoms with E-state index < -0.39 is 0 Å². The normalized spacial score (nSPS) is 10.7. The van der Waals surface area contributed by atoms with Crippen LogP contribution in [0.1, 0.15) is 16.2 Å². The van der Waals surface area contributed by atoms with E-state index in [0.29, 0.717) is 17.0 Å². The summed E-state index contributed by atoms with van der Waals surface area (Å²) in [5.41, 5.74) is 2.64. The number of benzene rings is 2. The summed E-state index contributed by atoms with van der Waals surface area (Å²) in [6, 6.07) is 12.7. The van der Waals surface area contributed by atoms with Crippen molar-refractivity contribution in [1.82, 2.24) is 4.98 Å². The highest BCUT2D eigenvalue weighted by Crippen LogP contribution is 2.19. The van der Waals surface area contributed by atoms with Gasteiger partial charge in [0.05, 0.1) is 0 Å². The number of oxazole rings is 1. The number of fused-ring (bicyclic) bond motifs is 1. The molecule has 0 bridgehead atoms. The lowest BCUT2D eigenvalue weighted by molar-refractivity contribution is 0.102. The fourth-order valence-corrected chi connectivity index (χ4v) is 2.35. The number of aryl methyl sites for hydroxylation is 1. The minimum atomic E-state index is -0.181. The molecule has 3 aromatic rings. The number of halogens is 1. The molecule has 20 heavy (non-hydrogen) atoms. The second-order valence-corrected chi connectivity index (χ2v) is 5.30. The largest absolute Gasteiger partial charge is 0.441 e. The molecule has 1 amide bonds. The number of amides is 1. The first-order valence-corrected chi connectivity index (χ1v) is 6.85. The lowest BCUT2D eigenvalue weighted by atomic mass is 10.2. The zero-order valence-corrected chi connectivity index (χ0v) is 12.3. The molecule has 1 heterocycles. The highest BCUT2D eigenvalue weighted by atomic mass is 79.9. The molecule has 0 fully saturated rings. The lowest BCUT2D eigenvalue weighted by Crippen LogP contribution is -2.11. The first kappa shape index (κ1) is 12.9. The Morgan fingerprint density at radius 1 is 1.25 bits per heavy atom. The summed E-state index contributed by atoms with van der Waals surface area (Å²) in [7, 11) is 0. The molecule has 0 radical (unpaired) electrons. The zero-order valence-electron chi connectivity index (χ0n) is 10.7. The molecule has 0 unspecified atom stereocenters. The Bertz CT molecular complexity index is 795. The van der Waals surface area contributed by atoms with E-state index in [-0.39, 0.29) is 5.91 Å². The summed E-state index contributed by atoms with van der Waals surface area (Å²) in [5.74, 6) is 0.406. The summed E-state index contributed by atoms with van der Waals surface area (Å²) in [6.07, 6.45) is 0. The smallest absolute Gasteiger partial charge is 0.255 e. The molecular weight excluding hydrogens is 320 g/mol. The van der Waals surface area contributed by atoms with Gasteiger partial charge in [0.2, 0.25) is 0 Å². The highest BCUT2D eigenvalue weighted by molar-refractivity contribution is 9.10. The van der Waals surface area contributed by atoms with Crippen LogP contribution in [0.5, 0.6) is 0 Å². The maximum absolute atomic E-state index is 12.2. The number of nitrogens with one attached hydrogen (secondary N) is 1. The average molecular weight is 331 g/mol. The first-order valence-electron chi connectivity index (χ1n) is 6.06. The number of nitrogens with zero attached hydrogens (tertiary/aromatic N) is 1. The average Bonchev–Trinajstić information content (AvgIpc) is 2.77. The van der Waals surface area contributed by atoms with Crippen LogP contribution in [0.2, 0.25) is 0 Å². The van der Waals surface area contributed by atoms with Crippen molar-refractivity contribution >= 4 is 38.6 Å². The van der Waals surface area contributed by atoms with Crippen LogP contribution in [0.4, 0.5) is 5.69 Å². The molecule has 0 saturated heterocycles. The molecule has 0 atom stereocenters. The van der Waals surface area contributed by atoms with E-state index in [9.17, 15) is 4.79 Å². The quantitative estimate of drug-likeness (QED) is 0.767. The Hall–Kier alpha value is -2.14. The Balaban J connectivity index is 1.88. The van der Waals surface area contributed by atoms with Crippen LogP contribution in [0, 0.1) is 6.92 Å². The Morgan fingerprint density at radius 3 is 2.90 bits per heavy atom. The number of carbonyl (C=O) groups is 1. The number of hydrogen-bond donors (Lipinski definition) is 1. The first-order chi connectivity index (χ1) is 9.61. The van der Waals surface area contributed by atoms with Crippen LogP contribution in [-0.4, -0.2) is 10.9 Å². The van der Waals surface area contributed by atoms with E-state index in [1.54, 1.807) is 25.1 Å². The van der Waals surface area contributed by atoms with Crippen molar-refractivity contribution in [2.45, 2.75) is 6.92 Å². The molecule has 5 heteroatoms.